The molecule has 4 aromatic carbocycles. The number of nitrogens with zero attached hydrogens (tertiary/aromatic N) is 4. The molecule has 6 rings (SSSR count). The van der Waals surface area contributed by atoms with E-state index in [2.05, 4.69) is 31.9 Å². The van der Waals surface area contributed by atoms with Crippen molar-refractivity contribution in [3.63, 3.8) is 0 Å². The second kappa shape index (κ2) is 15.1. The first-order valence-electron chi connectivity index (χ1n) is 15.4. The molecule has 10 nitrogen and oxygen atoms in total. The number of carbonyl (C=O) groups is 2. The monoisotopic (exact) mass is 798 g/mol. The highest BCUT2D eigenvalue weighted by atomic mass is 79.9. The number of aliphatic imine (C=N–C) groups is 2. The molecule has 254 valence electrons. The lowest BCUT2D eigenvalue weighted by molar-refractivity contribution is -0.125. The maximum Gasteiger partial charge on any atom is 0.278 e. The van der Waals surface area contributed by atoms with E-state index in [1.807, 2.05) is 60.7 Å². The van der Waals surface area contributed by atoms with Crippen LogP contribution >= 0.6 is 31.9 Å². The Morgan fingerprint density at radius 2 is 0.940 bits per heavy atom. The molecule has 2 heterocycles. The molecule has 12 heteroatoms. The number of ether oxygens (including phenoxy) is 4. The molecule has 2 aliphatic rings. The van der Waals surface area contributed by atoms with Gasteiger partial charge in [-0.15, -0.1) is 0 Å². The van der Waals surface area contributed by atoms with Crippen molar-refractivity contribution in [2.45, 2.75) is 0 Å². The molecule has 0 aliphatic carbocycles. The molecule has 2 aliphatic heterocycles. The van der Waals surface area contributed by atoms with E-state index >= 15 is 0 Å². The Balaban J connectivity index is 1.35. The summed E-state index contributed by atoms with van der Waals surface area (Å²) in [5.41, 5.74) is 3.38. The van der Waals surface area contributed by atoms with Gasteiger partial charge in [0.05, 0.1) is 28.4 Å². The van der Waals surface area contributed by atoms with Crippen LogP contribution in [0.15, 0.2) is 115 Å². The lowest BCUT2D eigenvalue weighted by Gasteiger charge is -2.24. The highest BCUT2D eigenvalue weighted by Crippen LogP contribution is 2.33. The summed E-state index contributed by atoms with van der Waals surface area (Å²) in [4.78, 5) is 41.0. The smallest absolute Gasteiger partial charge is 0.278 e. The van der Waals surface area contributed by atoms with Gasteiger partial charge in [-0.05, 0) is 59.7 Å². The lowest BCUT2D eigenvalue weighted by Crippen LogP contribution is -2.43. The van der Waals surface area contributed by atoms with Crippen LogP contribution in [0.2, 0.25) is 0 Å². The fourth-order valence-electron chi connectivity index (χ4n) is 5.61. The van der Waals surface area contributed by atoms with E-state index in [9.17, 15) is 9.59 Å². The van der Waals surface area contributed by atoms with E-state index in [1.54, 1.807) is 74.7 Å². The van der Waals surface area contributed by atoms with Gasteiger partial charge >= 0.3 is 0 Å². The molecule has 4 aromatic rings. The number of hydrogen-bond donors (Lipinski definition) is 0. The number of amidine groups is 2. The number of hydrogen-bond acceptors (Lipinski definition) is 8. The van der Waals surface area contributed by atoms with Crippen molar-refractivity contribution in [1.82, 2.24) is 9.80 Å². The standard InChI is InChI=1S/C38H32Br2N4O6/c1-47-31-15-13-23(21-33(31)49-3)19-29-37(45)43(35(41-29)25-9-5-7-11-27(25)39)17-18-44-36(26-10-6-8-12-28(26)40)42-30(38(44)46)20-24-14-16-32(48-2)34(22-24)50-4/h5-16,19-22H,17-18H2,1-4H3/b29-19-,30-20+. The van der Waals surface area contributed by atoms with Crippen molar-refractivity contribution in [1.29, 1.82) is 0 Å². The van der Waals surface area contributed by atoms with Gasteiger partial charge in [-0.25, -0.2) is 9.98 Å². The summed E-state index contributed by atoms with van der Waals surface area (Å²) in [5.74, 6) is 2.51. The maximum atomic E-state index is 14.1. The number of carbonyl (C=O) groups excluding carboxylic acids is 2. The Morgan fingerprint density at radius 1 is 0.560 bits per heavy atom. The van der Waals surface area contributed by atoms with Crippen LogP contribution in [0.3, 0.4) is 0 Å². The molecule has 0 atom stereocenters. The Bertz CT molecular complexity index is 1960. The summed E-state index contributed by atoms with van der Waals surface area (Å²) in [5, 5.41) is 0. The van der Waals surface area contributed by atoms with Crippen LogP contribution in [0.1, 0.15) is 22.3 Å². The maximum absolute atomic E-state index is 14.1. The highest BCUT2D eigenvalue weighted by molar-refractivity contribution is 9.10. The predicted octanol–water partition coefficient (Wildman–Crippen LogP) is 7.21. The van der Waals surface area contributed by atoms with Gasteiger partial charge in [-0.1, -0.05) is 80.4 Å². The van der Waals surface area contributed by atoms with Gasteiger partial charge in [0.25, 0.3) is 11.8 Å². The zero-order valence-electron chi connectivity index (χ0n) is 27.6. The van der Waals surface area contributed by atoms with Gasteiger partial charge in [0, 0.05) is 33.2 Å². The normalized spacial score (nSPS) is 15.9. The molecule has 2 amide bonds. The Kier molecular flexibility index (Phi) is 10.5. The van der Waals surface area contributed by atoms with Crippen molar-refractivity contribution in [2.24, 2.45) is 9.98 Å². The molecule has 0 bridgehead atoms. The molecule has 0 unspecified atom stereocenters. The van der Waals surface area contributed by atoms with Gasteiger partial charge in [-0.2, -0.15) is 0 Å². The first-order chi connectivity index (χ1) is 24.3. The number of methoxy groups -OCH3 is 4. The van der Waals surface area contributed by atoms with E-state index in [0.717, 1.165) is 20.1 Å². The van der Waals surface area contributed by atoms with Crippen molar-refractivity contribution >= 4 is 67.5 Å². The summed E-state index contributed by atoms with van der Waals surface area (Å²) < 4.78 is 23.2. The summed E-state index contributed by atoms with van der Waals surface area (Å²) in [6.45, 7) is 0.280. The van der Waals surface area contributed by atoms with Crippen molar-refractivity contribution in [3.8, 4) is 23.0 Å². The third kappa shape index (κ3) is 6.94. The van der Waals surface area contributed by atoms with Crippen molar-refractivity contribution in [2.75, 3.05) is 41.5 Å². The molecule has 0 saturated carbocycles. The van der Waals surface area contributed by atoms with Crippen LogP contribution in [-0.2, 0) is 9.59 Å². The molecule has 0 fully saturated rings. The molecular formula is C38H32Br2N4O6. The van der Waals surface area contributed by atoms with Gasteiger partial charge in [0.15, 0.2) is 23.0 Å². The molecular weight excluding hydrogens is 768 g/mol. The van der Waals surface area contributed by atoms with Crippen LogP contribution < -0.4 is 18.9 Å². The minimum atomic E-state index is -0.308. The summed E-state index contributed by atoms with van der Waals surface area (Å²) in [6, 6.07) is 25.9. The summed E-state index contributed by atoms with van der Waals surface area (Å²) in [7, 11) is 6.24. The predicted molar refractivity (Wildman–Crippen MR) is 200 cm³/mol. The number of halogens is 2. The van der Waals surface area contributed by atoms with Crippen LogP contribution in [0, 0.1) is 0 Å². The first-order valence-corrected chi connectivity index (χ1v) is 17.0. The quantitative estimate of drug-likeness (QED) is 0.149. The lowest BCUT2D eigenvalue weighted by atomic mass is 10.1. The zero-order valence-corrected chi connectivity index (χ0v) is 30.8. The molecule has 0 radical (unpaired) electrons. The summed E-state index contributed by atoms with van der Waals surface area (Å²) in [6.07, 6.45) is 3.42. The second-order valence-corrected chi connectivity index (χ2v) is 12.7. The minimum Gasteiger partial charge on any atom is -0.493 e. The Labute approximate surface area is 306 Å². The zero-order chi connectivity index (χ0) is 35.4. The SMILES string of the molecule is COc1ccc(/C=C2\N=C(c3ccccc3Br)N(CCN3C(=O)/C(=C\c4ccc(OC)c(OC)c4)N=C3c3ccccc3Br)C2=O)cc1OC. The van der Waals surface area contributed by atoms with E-state index in [4.69, 9.17) is 28.9 Å². The number of rotatable bonds is 11. The largest absolute Gasteiger partial charge is 0.493 e. The van der Waals surface area contributed by atoms with Gasteiger partial charge in [0.1, 0.15) is 23.1 Å². The highest BCUT2D eigenvalue weighted by Gasteiger charge is 2.36. The third-order valence-corrected chi connectivity index (χ3v) is 9.47. The van der Waals surface area contributed by atoms with Crippen LogP contribution in [0.4, 0.5) is 0 Å². The van der Waals surface area contributed by atoms with Crippen LogP contribution in [0.25, 0.3) is 12.2 Å². The van der Waals surface area contributed by atoms with E-state index in [1.165, 1.54) is 0 Å². The average molecular weight is 801 g/mol. The average Bonchev–Trinajstić information content (AvgIpc) is 3.61. The first kappa shape index (κ1) is 34.7. The minimum absolute atomic E-state index is 0.140. The molecule has 0 aromatic heterocycles. The number of benzene rings is 4. The molecule has 50 heavy (non-hydrogen) atoms. The van der Waals surface area contributed by atoms with E-state index < -0.39 is 0 Å². The molecule has 0 N–H and O–H groups in total. The molecule has 0 spiro atoms. The fourth-order valence-corrected chi connectivity index (χ4v) is 6.54. The second-order valence-electron chi connectivity index (χ2n) is 11.0. The van der Waals surface area contributed by atoms with Gasteiger partial charge in [0.2, 0.25) is 0 Å². The van der Waals surface area contributed by atoms with Crippen molar-refractivity contribution < 1.29 is 28.5 Å². The third-order valence-electron chi connectivity index (χ3n) is 8.09. The van der Waals surface area contributed by atoms with Crippen molar-refractivity contribution in [3.05, 3.63) is 128 Å². The van der Waals surface area contributed by atoms with Crippen LogP contribution in [-0.4, -0.2) is 74.8 Å². The van der Waals surface area contributed by atoms with Crippen LogP contribution in [0.5, 0.6) is 23.0 Å². The Hall–Kier alpha value is -5.20. The van der Waals surface area contributed by atoms with Gasteiger partial charge in [-0.3, -0.25) is 19.4 Å². The number of amides is 2. The summed E-state index contributed by atoms with van der Waals surface area (Å²) >= 11 is 7.25. The Morgan fingerprint density at radius 3 is 1.30 bits per heavy atom. The topological polar surface area (TPSA) is 102 Å². The molecule has 0 saturated heterocycles. The fraction of sp³-hybridized carbons (Fsp3) is 0.158. The van der Waals surface area contributed by atoms with Gasteiger partial charge < -0.3 is 18.9 Å². The van der Waals surface area contributed by atoms with E-state index in [0.29, 0.717) is 45.8 Å². The van der Waals surface area contributed by atoms with E-state index in [-0.39, 0.29) is 36.3 Å².